The molecule has 1 aliphatic rings. The van der Waals surface area contributed by atoms with Gasteiger partial charge in [0, 0.05) is 4.92 Å². The van der Waals surface area contributed by atoms with Gasteiger partial charge < -0.3 is 0 Å². The summed E-state index contributed by atoms with van der Waals surface area (Å²) in [6.07, 6.45) is 1.42. The van der Waals surface area contributed by atoms with E-state index < -0.39 is 5.92 Å². The van der Waals surface area contributed by atoms with Crippen LogP contribution >= 0.6 is 0 Å². The smallest absolute Gasteiger partial charge is 0.211 e. The molecule has 0 saturated carbocycles. The van der Waals surface area contributed by atoms with Crippen molar-refractivity contribution in [3.8, 4) is 12.1 Å². The number of rotatable bonds is 4. The number of nitrogens with zero attached hydrogens (tertiary/aromatic N) is 3. The van der Waals surface area contributed by atoms with Crippen molar-refractivity contribution in [2.75, 3.05) is 6.54 Å². The van der Waals surface area contributed by atoms with Crippen LogP contribution in [0.1, 0.15) is 29.0 Å². The molecule has 0 N–H and O–H groups in total. The van der Waals surface area contributed by atoms with Gasteiger partial charge in [0.15, 0.2) is 0 Å². The topological polar surface area (TPSA) is 90.7 Å². The van der Waals surface area contributed by atoms with E-state index in [9.17, 15) is 20.6 Å². The first-order valence-corrected chi connectivity index (χ1v) is 9.85. The van der Waals surface area contributed by atoms with Gasteiger partial charge >= 0.3 is 0 Å². The Labute approximate surface area is 174 Å². The van der Waals surface area contributed by atoms with Crippen LogP contribution in [-0.4, -0.2) is 11.5 Å². The Bertz CT molecular complexity index is 1230. The molecule has 3 aromatic rings. The van der Waals surface area contributed by atoms with Crippen LogP contribution in [0.4, 0.5) is 0 Å². The lowest BCUT2D eigenvalue weighted by Gasteiger charge is -2.33. The number of nitriles is 2. The molecular formula is C25H19N3O2. The van der Waals surface area contributed by atoms with Gasteiger partial charge in [-0.15, -0.1) is 0 Å². The van der Waals surface area contributed by atoms with Crippen LogP contribution in [0.5, 0.6) is 0 Å². The van der Waals surface area contributed by atoms with E-state index in [-0.39, 0.29) is 23.0 Å². The van der Waals surface area contributed by atoms with E-state index in [1.807, 2.05) is 78.9 Å². The fraction of sp³-hybridized carbons (Fsp3) is 0.200. The third kappa shape index (κ3) is 3.54. The minimum absolute atomic E-state index is 0.0429. The molecule has 0 amide bonds. The molecule has 146 valence electrons. The van der Waals surface area contributed by atoms with Gasteiger partial charge in [-0.1, -0.05) is 66.7 Å². The summed E-state index contributed by atoms with van der Waals surface area (Å²) in [5.74, 6) is -0.703. The van der Waals surface area contributed by atoms with Gasteiger partial charge in [-0.3, -0.25) is 10.1 Å². The summed E-state index contributed by atoms with van der Waals surface area (Å²) in [7, 11) is 0. The molecule has 2 atom stereocenters. The Kier molecular flexibility index (Phi) is 5.28. The van der Waals surface area contributed by atoms with Gasteiger partial charge in [-0.25, -0.2) is 0 Å². The van der Waals surface area contributed by atoms with Crippen LogP contribution in [0.3, 0.4) is 0 Å². The van der Waals surface area contributed by atoms with Crippen LogP contribution in [0.2, 0.25) is 0 Å². The first-order valence-electron chi connectivity index (χ1n) is 9.85. The Hall–Kier alpha value is -3.96. The second-order valence-corrected chi connectivity index (χ2v) is 7.54. The second kappa shape index (κ2) is 8.19. The van der Waals surface area contributed by atoms with Crippen LogP contribution < -0.4 is 0 Å². The average molecular weight is 393 g/mol. The maximum absolute atomic E-state index is 11.6. The summed E-state index contributed by atoms with van der Waals surface area (Å²) < 4.78 is 0. The summed E-state index contributed by atoms with van der Waals surface area (Å²) in [6, 6.07) is 25.6. The van der Waals surface area contributed by atoms with E-state index in [1.165, 1.54) is 0 Å². The molecule has 0 aliphatic heterocycles. The summed E-state index contributed by atoms with van der Waals surface area (Å²) in [6.45, 7) is -0.251. The molecule has 0 aromatic heterocycles. The maximum Gasteiger partial charge on any atom is 0.211 e. The van der Waals surface area contributed by atoms with Crippen molar-refractivity contribution in [1.82, 2.24) is 0 Å². The first-order chi connectivity index (χ1) is 14.6. The fourth-order valence-corrected chi connectivity index (χ4v) is 4.59. The SMILES string of the molecule is N#CC(C#N)=C1c2ccccc2CC[C@H]1[C@@H](C[N+](=O)[O-])c1ccc2ccccc2c1. The number of nitro groups is 1. The Morgan fingerprint density at radius 1 is 1.03 bits per heavy atom. The van der Waals surface area contributed by atoms with E-state index in [1.54, 1.807) is 0 Å². The number of aryl methyl sites for hydroxylation is 1. The number of fused-ring (bicyclic) bond motifs is 2. The molecule has 0 spiro atoms. The fourth-order valence-electron chi connectivity index (χ4n) is 4.59. The molecule has 0 heterocycles. The van der Waals surface area contributed by atoms with E-state index in [0.717, 1.165) is 33.9 Å². The molecule has 0 fully saturated rings. The van der Waals surface area contributed by atoms with Crippen molar-refractivity contribution in [3.05, 3.63) is 99.1 Å². The van der Waals surface area contributed by atoms with E-state index >= 15 is 0 Å². The Morgan fingerprint density at radius 2 is 1.73 bits per heavy atom. The zero-order valence-corrected chi connectivity index (χ0v) is 16.3. The van der Waals surface area contributed by atoms with Crippen LogP contribution in [0.25, 0.3) is 16.3 Å². The van der Waals surface area contributed by atoms with Crippen molar-refractivity contribution < 1.29 is 4.92 Å². The Morgan fingerprint density at radius 3 is 2.47 bits per heavy atom. The highest BCUT2D eigenvalue weighted by atomic mass is 16.6. The zero-order valence-electron chi connectivity index (χ0n) is 16.3. The van der Waals surface area contributed by atoms with Crippen LogP contribution in [-0.2, 0) is 6.42 Å². The van der Waals surface area contributed by atoms with Gasteiger partial charge in [-0.05, 0) is 51.8 Å². The molecular weight excluding hydrogens is 374 g/mol. The first kappa shape index (κ1) is 19.4. The standard InChI is InChI=1S/C25H19N3O2/c26-14-21(15-27)25-22-8-4-3-6-18(22)11-12-23(25)24(16-28(29)30)20-10-9-17-5-1-2-7-19(17)13-20/h1-10,13,23-24H,11-12,16H2/t23-,24-/m0/s1. The number of hydrogen-bond acceptors (Lipinski definition) is 4. The van der Waals surface area contributed by atoms with E-state index in [2.05, 4.69) is 0 Å². The van der Waals surface area contributed by atoms with Gasteiger partial charge in [-0.2, -0.15) is 10.5 Å². The van der Waals surface area contributed by atoms with Gasteiger partial charge in [0.05, 0.1) is 5.92 Å². The predicted molar refractivity (Wildman–Crippen MR) is 115 cm³/mol. The second-order valence-electron chi connectivity index (χ2n) is 7.54. The molecule has 5 heteroatoms. The molecule has 30 heavy (non-hydrogen) atoms. The van der Waals surface area contributed by atoms with Crippen LogP contribution in [0.15, 0.2) is 72.3 Å². The molecule has 4 rings (SSSR count). The summed E-state index contributed by atoms with van der Waals surface area (Å²) in [5.41, 5.74) is 3.48. The number of allylic oxidation sites excluding steroid dienone is 2. The lowest BCUT2D eigenvalue weighted by Crippen LogP contribution is -2.26. The van der Waals surface area contributed by atoms with Gasteiger partial charge in [0.1, 0.15) is 17.7 Å². The van der Waals surface area contributed by atoms with Crippen molar-refractivity contribution in [1.29, 1.82) is 10.5 Å². The molecule has 3 aromatic carbocycles. The van der Waals surface area contributed by atoms with E-state index in [4.69, 9.17) is 0 Å². The summed E-state index contributed by atoms with van der Waals surface area (Å²) in [5, 5.41) is 33.0. The molecule has 0 bridgehead atoms. The van der Waals surface area contributed by atoms with Crippen LogP contribution in [0, 0.1) is 38.7 Å². The zero-order chi connectivity index (χ0) is 21.1. The Balaban J connectivity index is 1.89. The summed E-state index contributed by atoms with van der Waals surface area (Å²) in [4.78, 5) is 11.3. The minimum Gasteiger partial charge on any atom is -0.265 e. The van der Waals surface area contributed by atoms with Crippen molar-refractivity contribution >= 4 is 16.3 Å². The van der Waals surface area contributed by atoms with E-state index in [0.29, 0.717) is 12.0 Å². The third-order valence-corrected chi connectivity index (χ3v) is 5.93. The highest BCUT2D eigenvalue weighted by molar-refractivity contribution is 5.84. The number of hydrogen-bond donors (Lipinski definition) is 0. The van der Waals surface area contributed by atoms with Crippen molar-refractivity contribution in [2.24, 2.45) is 5.92 Å². The van der Waals surface area contributed by atoms with Gasteiger partial charge in [0.25, 0.3) is 0 Å². The predicted octanol–water partition coefficient (Wildman–Crippen LogP) is 5.26. The molecule has 0 radical (unpaired) electrons. The molecule has 5 nitrogen and oxygen atoms in total. The third-order valence-electron chi connectivity index (χ3n) is 5.93. The molecule has 1 aliphatic carbocycles. The largest absolute Gasteiger partial charge is 0.265 e. The average Bonchev–Trinajstić information content (AvgIpc) is 2.78. The lowest BCUT2D eigenvalue weighted by atomic mass is 9.70. The number of benzene rings is 3. The quantitative estimate of drug-likeness (QED) is 0.343. The normalized spacial score (nSPS) is 16.2. The van der Waals surface area contributed by atoms with Crippen molar-refractivity contribution in [2.45, 2.75) is 18.8 Å². The highest BCUT2D eigenvalue weighted by Crippen LogP contribution is 2.45. The van der Waals surface area contributed by atoms with Gasteiger partial charge in [0.2, 0.25) is 6.54 Å². The minimum atomic E-state index is -0.426. The summed E-state index contributed by atoms with van der Waals surface area (Å²) >= 11 is 0. The maximum atomic E-state index is 11.6. The molecule has 0 unspecified atom stereocenters. The lowest BCUT2D eigenvalue weighted by molar-refractivity contribution is -0.484. The molecule has 0 saturated heterocycles. The highest BCUT2D eigenvalue weighted by Gasteiger charge is 2.36. The monoisotopic (exact) mass is 393 g/mol. The van der Waals surface area contributed by atoms with Crippen molar-refractivity contribution in [3.63, 3.8) is 0 Å².